The minimum Gasteiger partial charge on any atom is -0.497 e. The zero-order chi connectivity index (χ0) is 22.1. The van der Waals surface area contributed by atoms with E-state index in [2.05, 4.69) is 16.0 Å². The third-order valence-corrected chi connectivity index (χ3v) is 4.41. The van der Waals surface area contributed by atoms with Crippen molar-refractivity contribution in [3.05, 3.63) is 77.8 Å². The monoisotopic (exact) mass is 439 g/mol. The van der Waals surface area contributed by atoms with Gasteiger partial charge < -0.3 is 25.4 Å². The molecule has 0 atom stereocenters. The molecule has 3 aromatic rings. The molecule has 0 radical (unpaired) electrons. The number of hydrogen-bond donors (Lipinski definition) is 3. The van der Waals surface area contributed by atoms with Crippen LogP contribution in [0.3, 0.4) is 0 Å². The Bertz CT molecular complexity index is 1030. The van der Waals surface area contributed by atoms with Crippen LogP contribution in [0.2, 0.25) is 5.02 Å². The fraction of sp³-hybridized carbons (Fsp3) is 0.130. The number of carbonyl (C=O) groups is 2. The van der Waals surface area contributed by atoms with E-state index in [1.165, 1.54) is 0 Å². The molecule has 0 bridgehead atoms. The number of rotatable bonds is 8. The molecule has 0 saturated carbocycles. The molecule has 0 saturated heterocycles. The fourth-order valence-electron chi connectivity index (χ4n) is 2.66. The van der Waals surface area contributed by atoms with Crippen molar-refractivity contribution in [3.8, 4) is 17.2 Å². The molecule has 3 rings (SSSR count). The Balaban J connectivity index is 1.54. The van der Waals surface area contributed by atoms with Gasteiger partial charge in [-0.1, -0.05) is 29.8 Å². The van der Waals surface area contributed by atoms with Crippen molar-refractivity contribution in [2.24, 2.45) is 0 Å². The summed E-state index contributed by atoms with van der Waals surface area (Å²) >= 11 is 6.08. The molecule has 3 aromatic carbocycles. The molecule has 3 N–H and O–H groups in total. The largest absolute Gasteiger partial charge is 0.497 e. The molecule has 7 nitrogen and oxygen atoms in total. The van der Waals surface area contributed by atoms with Gasteiger partial charge in [-0.15, -0.1) is 0 Å². The summed E-state index contributed by atoms with van der Waals surface area (Å²) < 4.78 is 11.0. The first-order valence-corrected chi connectivity index (χ1v) is 9.92. The number of hydrogen-bond acceptors (Lipinski definition) is 4. The number of halogens is 1. The van der Waals surface area contributed by atoms with Crippen molar-refractivity contribution >= 4 is 34.9 Å². The highest BCUT2D eigenvalue weighted by molar-refractivity contribution is 6.31. The van der Waals surface area contributed by atoms with Crippen LogP contribution in [0.1, 0.15) is 6.42 Å². The first-order chi connectivity index (χ1) is 15.0. The molecule has 0 aliphatic heterocycles. The molecule has 3 amide bonds. The van der Waals surface area contributed by atoms with Crippen LogP contribution in [0, 0.1) is 0 Å². The topological polar surface area (TPSA) is 88.7 Å². The molecule has 8 heteroatoms. The minimum atomic E-state index is -0.384. The average Bonchev–Trinajstić information content (AvgIpc) is 2.77. The number of anilines is 2. The maximum absolute atomic E-state index is 12.4. The van der Waals surface area contributed by atoms with E-state index in [4.69, 9.17) is 21.1 Å². The van der Waals surface area contributed by atoms with Crippen LogP contribution in [0.15, 0.2) is 72.8 Å². The van der Waals surface area contributed by atoms with Gasteiger partial charge in [-0.05, 0) is 54.6 Å². The number of carbonyl (C=O) groups excluding carboxylic acids is 2. The van der Waals surface area contributed by atoms with Gasteiger partial charge in [0.2, 0.25) is 5.91 Å². The van der Waals surface area contributed by atoms with Crippen molar-refractivity contribution in [1.82, 2.24) is 5.32 Å². The Morgan fingerprint density at radius 3 is 2.32 bits per heavy atom. The molecule has 31 heavy (non-hydrogen) atoms. The zero-order valence-corrected chi connectivity index (χ0v) is 17.6. The van der Waals surface area contributed by atoms with E-state index in [0.717, 1.165) is 0 Å². The Hall–Kier alpha value is -3.71. The molecule has 160 valence electrons. The van der Waals surface area contributed by atoms with Gasteiger partial charge in [0.25, 0.3) is 0 Å². The van der Waals surface area contributed by atoms with Gasteiger partial charge in [-0.3, -0.25) is 4.79 Å². The third kappa shape index (κ3) is 6.94. The van der Waals surface area contributed by atoms with Crippen molar-refractivity contribution in [3.63, 3.8) is 0 Å². The summed E-state index contributed by atoms with van der Waals surface area (Å²) in [4.78, 5) is 24.3. The summed E-state index contributed by atoms with van der Waals surface area (Å²) in [6.45, 7) is 0.166. The van der Waals surface area contributed by atoms with Gasteiger partial charge >= 0.3 is 6.03 Å². The number of ether oxygens (including phenoxy) is 2. The summed E-state index contributed by atoms with van der Waals surface area (Å²) in [6.07, 6.45) is 0.0801. The van der Waals surface area contributed by atoms with Gasteiger partial charge in [-0.2, -0.15) is 0 Å². The lowest BCUT2D eigenvalue weighted by Crippen LogP contribution is -2.31. The summed E-state index contributed by atoms with van der Waals surface area (Å²) in [5.74, 6) is 1.44. The number of methoxy groups -OCH3 is 1. The van der Waals surface area contributed by atoms with Crippen LogP contribution in [0.5, 0.6) is 17.2 Å². The van der Waals surface area contributed by atoms with E-state index in [-0.39, 0.29) is 24.9 Å². The first kappa shape index (κ1) is 22.0. The van der Waals surface area contributed by atoms with Crippen LogP contribution in [0.25, 0.3) is 0 Å². The number of benzene rings is 3. The summed E-state index contributed by atoms with van der Waals surface area (Å²) in [6, 6.07) is 20.7. The van der Waals surface area contributed by atoms with Crippen molar-refractivity contribution in [1.29, 1.82) is 0 Å². The highest BCUT2D eigenvalue weighted by Gasteiger charge is 2.11. The quantitative estimate of drug-likeness (QED) is 0.445. The van der Waals surface area contributed by atoms with E-state index in [1.807, 2.05) is 18.2 Å². The Kier molecular flexibility index (Phi) is 7.73. The maximum atomic E-state index is 12.4. The van der Waals surface area contributed by atoms with Gasteiger partial charge in [0, 0.05) is 23.7 Å². The van der Waals surface area contributed by atoms with E-state index >= 15 is 0 Å². The third-order valence-electron chi connectivity index (χ3n) is 4.17. The van der Waals surface area contributed by atoms with Crippen molar-refractivity contribution in [2.45, 2.75) is 6.42 Å². The molecule has 0 spiro atoms. The predicted molar refractivity (Wildman–Crippen MR) is 121 cm³/mol. The van der Waals surface area contributed by atoms with Crippen LogP contribution in [0.4, 0.5) is 16.2 Å². The summed E-state index contributed by atoms with van der Waals surface area (Å²) in [5.41, 5.74) is 1.10. The van der Waals surface area contributed by atoms with Crippen LogP contribution < -0.4 is 25.4 Å². The number of para-hydroxylation sites is 1. The molecule has 0 aliphatic carbocycles. The normalized spacial score (nSPS) is 10.1. The second-order valence-corrected chi connectivity index (χ2v) is 6.90. The number of amides is 3. The Morgan fingerprint density at radius 2 is 1.61 bits per heavy atom. The molecule has 0 aromatic heterocycles. The lowest BCUT2D eigenvalue weighted by molar-refractivity contribution is -0.116. The number of urea groups is 1. The summed E-state index contributed by atoms with van der Waals surface area (Å²) in [5, 5.41) is 8.56. The molecule has 0 heterocycles. The van der Waals surface area contributed by atoms with E-state index in [9.17, 15) is 9.59 Å². The molecule has 0 unspecified atom stereocenters. The minimum absolute atomic E-state index is 0.0801. The summed E-state index contributed by atoms with van der Waals surface area (Å²) in [7, 11) is 1.59. The second kappa shape index (κ2) is 10.9. The van der Waals surface area contributed by atoms with Crippen molar-refractivity contribution < 1.29 is 19.1 Å². The number of nitrogens with one attached hydrogen (secondary N) is 3. The van der Waals surface area contributed by atoms with E-state index in [0.29, 0.717) is 33.6 Å². The lowest BCUT2D eigenvalue weighted by Gasteiger charge is -2.13. The van der Waals surface area contributed by atoms with E-state index in [1.54, 1.807) is 61.7 Å². The highest BCUT2D eigenvalue weighted by Crippen LogP contribution is 2.32. The maximum Gasteiger partial charge on any atom is 0.319 e. The van der Waals surface area contributed by atoms with E-state index < -0.39 is 0 Å². The SMILES string of the molecule is COc1ccc(Oc2ccc(Cl)cc2NC(=O)CCNC(=O)Nc2ccccc2)cc1. The first-order valence-electron chi connectivity index (χ1n) is 9.55. The zero-order valence-electron chi connectivity index (χ0n) is 16.9. The molecular formula is C23H22ClN3O4. The average molecular weight is 440 g/mol. The van der Waals surface area contributed by atoms with Gasteiger partial charge in [0.15, 0.2) is 5.75 Å². The van der Waals surface area contributed by atoms with Gasteiger partial charge in [-0.25, -0.2) is 4.79 Å². The van der Waals surface area contributed by atoms with Gasteiger partial charge in [0.05, 0.1) is 12.8 Å². The smallest absolute Gasteiger partial charge is 0.319 e. The Morgan fingerprint density at radius 1 is 0.903 bits per heavy atom. The fourth-order valence-corrected chi connectivity index (χ4v) is 2.83. The standard InChI is InChI=1S/C23H22ClN3O4/c1-30-18-8-10-19(11-9-18)31-21-12-7-16(24)15-20(21)27-22(28)13-14-25-23(29)26-17-5-3-2-4-6-17/h2-12,15H,13-14H2,1H3,(H,27,28)(H2,25,26,29). The Labute approximate surface area is 185 Å². The van der Waals surface area contributed by atoms with Crippen LogP contribution in [-0.4, -0.2) is 25.6 Å². The molecule has 0 aliphatic rings. The second-order valence-electron chi connectivity index (χ2n) is 6.46. The predicted octanol–water partition coefficient (Wildman–Crippen LogP) is 5.29. The lowest BCUT2D eigenvalue weighted by atomic mass is 10.2. The van der Waals surface area contributed by atoms with Crippen molar-refractivity contribution in [2.75, 3.05) is 24.3 Å². The molecular weight excluding hydrogens is 418 g/mol. The molecule has 0 fully saturated rings. The van der Waals surface area contributed by atoms with Crippen LogP contribution in [-0.2, 0) is 4.79 Å². The van der Waals surface area contributed by atoms with Crippen LogP contribution >= 0.6 is 11.6 Å². The highest BCUT2D eigenvalue weighted by atomic mass is 35.5. The van der Waals surface area contributed by atoms with Gasteiger partial charge in [0.1, 0.15) is 11.5 Å².